The van der Waals surface area contributed by atoms with Gasteiger partial charge < -0.3 is 30.3 Å². The molecule has 12 aromatic carbocycles. The first-order valence-corrected chi connectivity index (χ1v) is 49.5. The van der Waals surface area contributed by atoms with Gasteiger partial charge in [0.05, 0.1) is 122 Å². The quantitative estimate of drug-likeness (QED) is 0.0617. The maximum absolute atomic E-state index is 11.1. The summed E-state index contributed by atoms with van der Waals surface area (Å²) < 4.78 is 14.0. The molecular weight excluding hydrogens is 1910 g/mol. The van der Waals surface area contributed by atoms with E-state index in [0.717, 1.165) is 162 Å². The average molecular weight is 1990 g/mol. The van der Waals surface area contributed by atoms with Gasteiger partial charge in [0, 0.05) is 31.2 Å². The number of fused-ring (bicyclic) bond motifs is 5. The highest BCUT2D eigenvalue weighted by Gasteiger charge is 2.21. The van der Waals surface area contributed by atoms with Gasteiger partial charge in [0.2, 0.25) is 29.4 Å². The van der Waals surface area contributed by atoms with Crippen LogP contribution < -0.4 is 81.6 Å². The molecule has 145 heavy (non-hydrogen) atoms. The largest absolute Gasteiger partial charge is 0.497 e. The Labute approximate surface area is 847 Å². The first kappa shape index (κ1) is 94.3. The van der Waals surface area contributed by atoms with Gasteiger partial charge in [-0.05, 0) is 251 Å². The summed E-state index contributed by atoms with van der Waals surface area (Å²) in [6.07, 6.45) is 23.3. The molecule has 708 valence electrons. The number of aliphatic imine (C=N–C) groups is 4. The van der Waals surface area contributed by atoms with E-state index in [4.69, 9.17) is 24.7 Å². The fourth-order valence-corrected chi connectivity index (χ4v) is 20.5. The Balaban J connectivity index is 0.000000111. The predicted octanol–water partition coefficient (Wildman–Crippen LogP) is 15.9. The number of benzene rings is 12. The van der Waals surface area contributed by atoms with E-state index in [-0.39, 0.29) is 29.4 Å². The number of nitrogens with zero attached hydrogens (tertiary/aromatic N) is 21. The molecule has 7 aromatic heterocycles. The predicted molar refractivity (Wildman–Crippen MR) is 576 cm³/mol. The summed E-state index contributed by atoms with van der Waals surface area (Å²) in [6.45, 7) is 4.52. The second-order valence-corrected chi connectivity index (χ2v) is 37.7. The molecule has 0 unspecified atom stereocenters. The maximum Gasteiger partial charge on any atom is 0.215 e. The molecule has 0 amide bonds. The van der Waals surface area contributed by atoms with E-state index in [1.807, 2.05) is 366 Å². The second kappa shape index (κ2) is 43.6. The first-order chi connectivity index (χ1) is 71.1. The van der Waals surface area contributed by atoms with E-state index in [2.05, 4.69) is 66.0 Å². The summed E-state index contributed by atoms with van der Waals surface area (Å²) in [5.74, 6) is 2.73. The van der Waals surface area contributed by atoms with Crippen molar-refractivity contribution < 1.29 is 30.3 Å². The van der Waals surface area contributed by atoms with Crippen molar-refractivity contribution in [2.45, 2.75) is 20.4 Å². The van der Waals surface area contributed by atoms with Gasteiger partial charge in [-0.15, -0.1) is 0 Å². The third kappa shape index (κ3) is 22.0. The standard InChI is InChI=1S/C24H18N4O2S.2C24H18N4OS.C23H17N5OS.C18H14N4OS/c1-30-19-10-8-17(9-11-19)27-24-28(18-5-3-2-4-6-18)23(29)22(31-24)14-16-7-12-20-21(13-16)26-15-25-20;1-16-7-10-22(26-15-16)27-24-28(19-5-3-2-4-6-19)23(29)21(30-24)14-17-8-9-20-18(13-17)11-12-25-20;29-23-22(14-18-11-12-20-21(13-18)27-16-26-20)30-24(25-15-17-7-3-1-4-8-17)28(23)19-9-5-2-6-10-19;1-15-7-10-21(24-13-15)27-23-28(17-5-3-2-4-6-17)22(29)20(30-23)12-16-8-9-18-19(11-16)26-14-25-18;1-19-18-22(13-5-3-2-4-6-13)17(23)16(24-18)10-12-7-8-14-15(9-12)21-11-20-14/h2-15,29H,1H3;2-15,29H,1H3;1-14,16,29H,15H2;2-14,29H,1H3;2-11,23H,1H3. The molecule has 0 spiro atoms. The molecule has 5 N–H and O–H groups in total. The zero-order valence-electron chi connectivity index (χ0n) is 77.9. The van der Waals surface area contributed by atoms with Gasteiger partial charge in [-0.3, -0.25) is 37.8 Å². The van der Waals surface area contributed by atoms with Crippen molar-refractivity contribution in [1.29, 1.82) is 0 Å². The van der Waals surface area contributed by atoms with Crippen LogP contribution in [-0.4, -0.2) is 97.8 Å². The highest BCUT2D eigenvalue weighted by molar-refractivity contribution is 7.11. The third-order valence-corrected chi connectivity index (χ3v) is 27.7. The zero-order chi connectivity index (χ0) is 99.1. The minimum absolute atomic E-state index is 0.130. The van der Waals surface area contributed by atoms with E-state index >= 15 is 0 Å². The van der Waals surface area contributed by atoms with E-state index in [0.29, 0.717) is 42.3 Å². The molecule has 0 saturated carbocycles. The fraction of sp³-hybridized carbons (Fsp3) is 0.0442. The van der Waals surface area contributed by atoms with Gasteiger partial charge in [0.1, 0.15) is 31.1 Å². The monoisotopic (exact) mass is 1990 g/mol. The van der Waals surface area contributed by atoms with Crippen molar-refractivity contribution >= 4 is 159 Å². The first-order valence-electron chi connectivity index (χ1n) is 45.5. The molecule has 0 atom stereocenters. The van der Waals surface area contributed by atoms with E-state index in [1.165, 1.54) is 56.7 Å². The van der Waals surface area contributed by atoms with Gasteiger partial charge in [0.25, 0.3) is 0 Å². The lowest BCUT2D eigenvalue weighted by molar-refractivity contribution is 0.415. The van der Waals surface area contributed by atoms with Gasteiger partial charge in [-0.1, -0.05) is 220 Å². The Bertz CT molecular complexity index is 9200. The van der Waals surface area contributed by atoms with Crippen LogP contribution in [0.25, 0.3) is 64.9 Å². The number of methoxy groups -OCH3 is 1. The molecule has 27 nitrogen and oxygen atoms in total. The number of aryl methyl sites for hydroxylation is 2. The number of para-hydroxylation sites is 5. The van der Waals surface area contributed by atoms with Crippen molar-refractivity contribution in [1.82, 2.24) is 32.8 Å². The topological polar surface area (TPSA) is 334 Å². The Morgan fingerprint density at radius 3 is 0.966 bits per heavy atom. The molecule has 32 heteroatoms. The van der Waals surface area contributed by atoms with Gasteiger partial charge >= 0.3 is 0 Å². The van der Waals surface area contributed by atoms with E-state index < -0.39 is 0 Å². The van der Waals surface area contributed by atoms with Crippen LogP contribution >= 0.6 is 56.7 Å². The summed E-state index contributed by atoms with van der Waals surface area (Å²) in [5, 5.41) is 64.1. The molecule has 12 heterocycles. The van der Waals surface area contributed by atoms with Crippen molar-refractivity contribution in [2.75, 3.05) is 14.2 Å². The van der Waals surface area contributed by atoms with Crippen LogP contribution in [0.4, 0.5) is 40.1 Å². The molecule has 0 bridgehead atoms. The number of hydrogen-bond donors (Lipinski definition) is 5. The summed E-state index contributed by atoms with van der Waals surface area (Å²) in [7, 11) is 3.35. The molecule has 5 aliphatic rings. The normalized spacial score (nSPS) is 13.5. The number of aromatic hydroxyl groups is 5. The SMILES string of the molecule is CN=c1sc(C=c2ccc3c(c2)N=CN=3)c(O)n1-c1ccccc1.COc1ccc(N=c2sc(C=c3ccc4c(c3)N=CN=4)c(O)n2-c2ccccc2)cc1.Cc1ccc(N=c2sc(C=c3ccc4c(c3)C=CN=4)c(O)n2-c2ccccc2)nc1.Cc1ccc(N=c2sc(C=c3ccc4c(c3)N=CN=4)c(O)n2-c2ccccc2)nc1.Oc1c(C=c2ccc3c(c2)N=CN=3)sc(=NCc2ccccc2)n1-c1ccccc1. The highest BCUT2D eigenvalue weighted by Crippen LogP contribution is 2.32. The Morgan fingerprint density at radius 2 is 0.628 bits per heavy atom. The minimum atomic E-state index is 0.130. The summed E-state index contributed by atoms with van der Waals surface area (Å²) in [6, 6.07) is 103. The minimum Gasteiger partial charge on any atom is -0.497 e. The second-order valence-electron chi connectivity index (χ2n) is 32.6. The molecular formula is C113H85N21O6S5. The van der Waals surface area contributed by atoms with Crippen molar-refractivity contribution in [2.24, 2.45) is 69.9 Å². The summed E-state index contributed by atoms with van der Waals surface area (Å²) in [5.41, 5.74) is 12.7. The van der Waals surface area contributed by atoms with Gasteiger partial charge in [-0.25, -0.2) is 64.9 Å². The molecule has 0 radical (unpaired) electrons. The number of ether oxygens (including phenoxy) is 1. The number of pyridine rings is 2. The Hall–Kier alpha value is -18.3. The van der Waals surface area contributed by atoms with Crippen LogP contribution in [0.15, 0.2) is 410 Å². The number of aromatic nitrogens is 7. The van der Waals surface area contributed by atoms with Crippen LogP contribution in [0, 0.1) is 13.8 Å². The highest BCUT2D eigenvalue weighted by atomic mass is 32.1. The van der Waals surface area contributed by atoms with Crippen LogP contribution in [0.1, 0.15) is 46.6 Å². The Morgan fingerprint density at radius 1 is 0.317 bits per heavy atom. The van der Waals surface area contributed by atoms with Gasteiger partial charge in [-0.2, -0.15) is 0 Å². The Kier molecular flexibility index (Phi) is 28.3. The fourth-order valence-electron chi connectivity index (χ4n) is 15.5. The van der Waals surface area contributed by atoms with Crippen LogP contribution in [0.3, 0.4) is 0 Å². The molecule has 0 saturated heterocycles. The molecule has 5 aliphatic heterocycles. The van der Waals surface area contributed by atoms with E-state index in [9.17, 15) is 25.5 Å². The number of hydrogen-bond acceptors (Lipinski definition) is 27. The summed E-state index contributed by atoms with van der Waals surface area (Å²) >= 11 is 7.12. The van der Waals surface area contributed by atoms with Crippen LogP contribution in [0.5, 0.6) is 35.1 Å². The average Bonchev–Trinajstić information content (AvgIpc) is 1.63. The van der Waals surface area contributed by atoms with Crippen molar-refractivity contribution in [3.05, 3.63) is 464 Å². The molecule has 24 rings (SSSR count). The lowest BCUT2D eigenvalue weighted by Crippen LogP contribution is -2.12. The molecule has 19 aromatic rings. The van der Waals surface area contributed by atoms with Crippen molar-refractivity contribution in [3.63, 3.8) is 0 Å². The van der Waals surface area contributed by atoms with E-state index in [1.54, 1.807) is 80.9 Å². The number of rotatable bonds is 16. The van der Waals surface area contributed by atoms with Crippen LogP contribution in [0.2, 0.25) is 0 Å². The smallest absolute Gasteiger partial charge is 0.215 e. The molecule has 0 fully saturated rings. The zero-order valence-corrected chi connectivity index (χ0v) is 82.0. The summed E-state index contributed by atoms with van der Waals surface area (Å²) in [4.78, 5) is 77.1. The third-order valence-electron chi connectivity index (χ3n) is 22.7. The van der Waals surface area contributed by atoms with Gasteiger partial charge in [0.15, 0.2) is 35.6 Å². The maximum atomic E-state index is 11.1. The lowest BCUT2D eigenvalue weighted by Gasteiger charge is -2.05. The number of thiazole rings is 5. The molecule has 0 aliphatic carbocycles. The lowest BCUT2D eigenvalue weighted by atomic mass is 10.2. The van der Waals surface area contributed by atoms with Crippen LogP contribution in [-0.2, 0) is 6.54 Å². The van der Waals surface area contributed by atoms with Crippen molar-refractivity contribution in [3.8, 4) is 63.6 Å².